The Hall–Kier alpha value is -0.960. The topological polar surface area (TPSA) is 20.9 Å². The molecule has 0 aliphatic carbocycles. The summed E-state index contributed by atoms with van der Waals surface area (Å²) in [5.74, 6) is 0. The van der Waals surface area contributed by atoms with Gasteiger partial charge in [0.25, 0.3) is 5.01 Å². The van der Waals surface area contributed by atoms with Crippen LogP contribution in [0.2, 0.25) is 0 Å². The zero-order valence-electron chi connectivity index (χ0n) is 5.28. The van der Waals surface area contributed by atoms with E-state index in [1.807, 2.05) is 17.7 Å². The zero-order valence-corrected chi connectivity index (χ0v) is 6.10. The van der Waals surface area contributed by atoms with Crippen LogP contribution >= 0.6 is 11.3 Å². The highest BCUT2D eigenvalue weighted by atomic mass is 32.1. The Morgan fingerprint density at radius 1 is 1.70 bits per heavy atom. The van der Waals surface area contributed by atoms with Crippen LogP contribution in [-0.4, -0.2) is 6.29 Å². The Balaban J connectivity index is 2.45. The molecule has 2 nitrogen and oxygen atoms in total. The minimum Gasteiger partial charge on any atom is -0.298 e. The van der Waals surface area contributed by atoms with Gasteiger partial charge in [-0.15, -0.1) is 0 Å². The van der Waals surface area contributed by atoms with Gasteiger partial charge in [0.1, 0.15) is 0 Å². The summed E-state index contributed by atoms with van der Waals surface area (Å²) >= 11 is 1.66. The van der Waals surface area contributed by atoms with Crippen molar-refractivity contribution in [3.63, 3.8) is 0 Å². The maximum Gasteiger partial charge on any atom is 0.262 e. The highest BCUT2D eigenvalue weighted by Crippen LogP contribution is 2.13. The molecule has 0 radical (unpaired) electrons. The Labute approximate surface area is 62.4 Å². The molecule has 3 heteroatoms. The Morgan fingerprint density at radius 2 is 2.60 bits per heavy atom. The number of aromatic nitrogens is 1. The highest BCUT2D eigenvalue weighted by molar-refractivity contribution is 7.10. The van der Waals surface area contributed by atoms with Crippen molar-refractivity contribution in [1.82, 2.24) is 0 Å². The maximum absolute atomic E-state index is 10.3. The van der Waals surface area contributed by atoms with E-state index in [1.165, 1.54) is 5.01 Å². The minimum atomic E-state index is 0.752. The summed E-state index contributed by atoms with van der Waals surface area (Å²) in [6.45, 7) is 0.752. The van der Waals surface area contributed by atoms with E-state index in [-0.39, 0.29) is 0 Å². The lowest BCUT2D eigenvalue weighted by molar-refractivity contribution is -0.680. The Kier molecular flexibility index (Phi) is 1.17. The van der Waals surface area contributed by atoms with E-state index in [0.717, 1.165) is 18.4 Å². The van der Waals surface area contributed by atoms with Gasteiger partial charge in [0.05, 0.1) is 11.0 Å². The molecule has 1 aliphatic heterocycles. The summed E-state index contributed by atoms with van der Waals surface area (Å²) in [7, 11) is 0. The number of hydrogen-bond acceptors (Lipinski definition) is 2. The first-order chi connectivity index (χ1) is 4.90. The van der Waals surface area contributed by atoms with E-state index in [1.54, 1.807) is 11.3 Å². The van der Waals surface area contributed by atoms with Gasteiger partial charge in [-0.05, 0) is 0 Å². The van der Waals surface area contributed by atoms with Gasteiger partial charge in [0.15, 0.2) is 19.0 Å². The number of hydrogen-bond donors (Lipinski definition) is 0. The standard InChI is InChI=1S/C7H6NOS/c9-5-6-3-7-8(4-6)1-2-10-7/h1-3,5H,4H2/q+1. The summed E-state index contributed by atoms with van der Waals surface area (Å²) in [5.41, 5.74) is 0.867. The molecule has 1 aromatic rings. The van der Waals surface area contributed by atoms with Gasteiger partial charge in [0, 0.05) is 6.08 Å². The lowest BCUT2D eigenvalue weighted by Crippen LogP contribution is -2.30. The molecular weight excluding hydrogens is 146 g/mol. The van der Waals surface area contributed by atoms with Crippen LogP contribution in [0.3, 0.4) is 0 Å². The van der Waals surface area contributed by atoms with E-state index in [4.69, 9.17) is 0 Å². The molecule has 1 aliphatic rings. The monoisotopic (exact) mass is 152 g/mol. The fourth-order valence-electron chi connectivity index (χ4n) is 1.03. The largest absolute Gasteiger partial charge is 0.298 e. The fourth-order valence-corrected chi connectivity index (χ4v) is 1.86. The van der Waals surface area contributed by atoms with Crippen LogP contribution < -0.4 is 4.57 Å². The van der Waals surface area contributed by atoms with E-state index < -0.39 is 0 Å². The van der Waals surface area contributed by atoms with E-state index in [2.05, 4.69) is 4.57 Å². The molecule has 0 fully saturated rings. The van der Waals surface area contributed by atoms with Crippen molar-refractivity contribution in [2.75, 3.05) is 0 Å². The molecule has 50 valence electrons. The number of rotatable bonds is 1. The first-order valence-corrected chi connectivity index (χ1v) is 3.91. The van der Waals surface area contributed by atoms with E-state index in [9.17, 15) is 4.79 Å². The third-order valence-electron chi connectivity index (χ3n) is 1.53. The number of aldehydes is 1. The molecule has 0 unspecified atom stereocenters. The molecule has 0 saturated heterocycles. The number of allylic oxidation sites excluding steroid dienone is 1. The van der Waals surface area contributed by atoms with Crippen molar-refractivity contribution >= 4 is 23.7 Å². The molecular formula is C7H6NOS+. The van der Waals surface area contributed by atoms with E-state index >= 15 is 0 Å². The molecule has 2 heterocycles. The van der Waals surface area contributed by atoms with E-state index in [0.29, 0.717) is 0 Å². The number of carbonyl (C=O) groups excluding carboxylic acids is 1. The minimum absolute atomic E-state index is 0.752. The molecule has 2 rings (SSSR count). The molecule has 0 aromatic carbocycles. The number of nitrogens with zero attached hydrogens (tertiary/aromatic N) is 1. The summed E-state index contributed by atoms with van der Waals surface area (Å²) in [6, 6.07) is 0. The molecule has 0 N–H and O–H groups in total. The maximum atomic E-state index is 10.3. The molecule has 0 bridgehead atoms. The van der Waals surface area contributed by atoms with Crippen molar-refractivity contribution in [2.24, 2.45) is 0 Å². The second-order valence-corrected chi connectivity index (χ2v) is 3.13. The fraction of sp³-hybridized carbons (Fsp3) is 0.143. The SMILES string of the molecule is O=CC1=Cc2scc[n+]2C1. The number of fused-ring (bicyclic) bond motifs is 1. The molecule has 0 spiro atoms. The van der Waals surface area contributed by atoms with Gasteiger partial charge in [0.2, 0.25) is 0 Å². The van der Waals surface area contributed by atoms with Gasteiger partial charge < -0.3 is 0 Å². The van der Waals surface area contributed by atoms with Crippen LogP contribution in [0.1, 0.15) is 5.01 Å². The Bertz CT molecular complexity index is 300. The predicted molar refractivity (Wildman–Crippen MR) is 38.6 cm³/mol. The molecule has 10 heavy (non-hydrogen) atoms. The van der Waals surface area contributed by atoms with Crippen molar-refractivity contribution < 1.29 is 9.36 Å². The quantitative estimate of drug-likeness (QED) is 0.427. The third-order valence-corrected chi connectivity index (χ3v) is 2.38. The summed E-state index contributed by atoms with van der Waals surface area (Å²) in [4.78, 5) is 10.3. The molecule has 1 aromatic heterocycles. The van der Waals surface area contributed by atoms with Crippen LogP contribution in [0, 0.1) is 0 Å². The average Bonchev–Trinajstić information content (AvgIpc) is 2.42. The van der Waals surface area contributed by atoms with Crippen LogP contribution in [0.5, 0.6) is 0 Å². The average molecular weight is 152 g/mol. The summed E-state index contributed by atoms with van der Waals surface area (Å²) in [5, 5.41) is 3.19. The molecule has 0 saturated carbocycles. The van der Waals surface area contributed by atoms with Crippen molar-refractivity contribution in [3.8, 4) is 0 Å². The lowest BCUT2D eigenvalue weighted by atomic mass is 10.3. The van der Waals surface area contributed by atoms with Crippen molar-refractivity contribution in [2.45, 2.75) is 6.54 Å². The van der Waals surface area contributed by atoms with Gasteiger partial charge in [-0.3, -0.25) is 4.79 Å². The summed E-state index contributed by atoms with van der Waals surface area (Å²) < 4.78 is 2.06. The predicted octanol–water partition coefficient (Wildman–Crippen LogP) is 0.632. The third kappa shape index (κ3) is 0.708. The first-order valence-electron chi connectivity index (χ1n) is 3.03. The zero-order chi connectivity index (χ0) is 6.97. The molecule has 0 amide bonds. The smallest absolute Gasteiger partial charge is 0.262 e. The number of thiazole rings is 1. The number of carbonyl (C=O) groups is 1. The highest BCUT2D eigenvalue weighted by Gasteiger charge is 2.19. The van der Waals surface area contributed by atoms with Crippen molar-refractivity contribution in [1.29, 1.82) is 0 Å². The normalized spacial score (nSPS) is 14.6. The second-order valence-electron chi connectivity index (χ2n) is 2.21. The van der Waals surface area contributed by atoms with Crippen LogP contribution in [0.25, 0.3) is 6.08 Å². The first kappa shape index (κ1) is 5.80. The van der Waals surface area contributed by atoms with Gasteiger partial charge >= 0.3 is 0 Å². The van der Waals surface area contributed by atoms with Gasteiger partial charge in [-0.2, -0.15) is 4.57 Å². The van der Waals surface area contributed by atoms with Crippen LogP contribution in [0.15, 0.2) is 17.2 Å². The second kappa shape index (κ2) is 2.02. The van der Waals surface area contributed by atoms with Crippen LogP contribution in [-0.2, 0) is 11.3 Å². The van der Waals surface area contributed by atoms with Gasteiger partial charge in [-0.25, -0.2) is 0 Å². The summed E-state index contributed by atoms with van der Waals surface area (Å²) in [6.07, 6.45) is 4.84. The molecule has 0 atom stereocenters. The lowest BCUT2D eigenvalue weighted by Gasteiger charge is -1.80. The van der Waals surface area contributed by atoms with Crippen molar-refractivity contribution in [3.05, 3.63) is 22.2 Å². The van der Waals surface area contributed by atoms with Gasteiger partial charge in [-0.1, -0.05) is 11.3 Å². The Morgan fingerprint density at radius 3 is 3.30 bits per heavy atom. The van der Waals surface area contributed by atoms with Crippen LogP contribution in [0.4, 0.5) is 0 Å².